The number of likely N-dealkylation sites (N-methyl/N-ethyl adjacent to an activating group) is 1. The minimum atomic E-state index is -4.40. The maximum atomic E-state index is 12.9. The number of ether oxygens (including phenoxy) is 2. The Bertz CT molecular complexity index is 1880. The highest BCUT2D eigenvalue weighted by Gasteiger charge is 2.27. The van der Waals surface area contributed by atoms with Crippen molar-refractivity contribution in [3.8, 4) is 0 Å². The van der Waals surface area contributed by atoms with Crippen LogP contribution in [0.5, 0.6) is 0 Å². The van der Waals surface area contributed by atoms with Crippen molar-refractivity contribution in [1.82, 2.24) is 0 Å². The highest BCUT2D eigenvalue weighted by Crippen LogP contribution is 2.43. The average molecular weight is 1310 g/mol. The summed E-state index contributed by atoms with van der Waals surface area (Å²) >= 11 is 0. The van der Waals surface area contributed by atoms with E-state index < -0.39 is 26.5 Å². The molecule has 0 heterocycles. The van der Waals surface area contributed by atoms with Gasteiger partial charge in [-0.25, -0.2) is 4.57 Å². The average Bonchev–Trinajstić information content (AvgIpc) is 2.14. The third-order valence-corrected chi connectivity index (χ3v) is 18.1. The Morgan fingerprint density at radius 3 is 0.870 bits per heavy atom. The van der Waals surface area contributed by atoms with E-state index in [9.17, 15) is 19.0 Å². The maximum Gasteiger partial charge on any atom is 0.472 e. The summed E-state index contributed by atoms with van der Waals surface area (Å²) in [7, 11) is 1.49. The number of esters is 2. The van der Waals surface area contributed by atoms with Gasteiger partial charge in [0.05, 0.1) is 27.7 Å². The fourth-order valence-electron chi connectivity index (χ4n) is 11.2. The lowest BCUT2D eigenvalue weighted by Crippen LogP contribution is -2.37. The number of quaternary nitrogens is 1. The lowest BCUT2D eigenvalue weighted by molar-refractivity contribution is -0.870. The first-order chi connectivity index (χ1) is 45.0. The van der Waals surface area contributed by atoms with Crippen LogP contribution in [-0.2, 0) is 32.7 Å². The SMILES string of the molecule is CC/C=C\C/C=C\C/C=C\C/C=C\CCCCCCCCCCCCCCCCCCCCCCCCCCCCC(=O)OC(COC(=O)CCCCCCCCCCCCCCCCCC/C=C\C/C=C\C/C=C\C/C=C\CC)COP(=O)(O)OCC[N+](C)(C)C. The van der Waals surface area contributed by atoms with E-state index in [0.717, 1.165) is 83.5 Å². The molecule has 0 amide bonds. The number of carbonyl (C=O) groups is 2. The number of allylic oxidation sites excluding steroid dienone is 16. The molecule has 2 atom stereocenters. The highest BCUT2D eigenvalue weighted by atomic mass is 31.2. The molecule has 0 aromatic heterocycles. The van der Waals surface area contributed by atoms with E-state index in [0.29, 0.717) is 17.4 Å². The molecule has 0 aromatic rings. The molecular weight excluding hydrogens is 1160 g/mol. The summed E-state index contributed by atoms with van der Waals surface area (Å²) in [5.41, 5.74) is 0. The molecule has 0 radical (unpaired) electrons. The summed E-state index contributed by atoms with van der Waals surface area (Å²) < 4.78 is 34.8. The van der Waals surface area contributed by atoms with Crippen molar-refractivity contribution >= 4 is 19.8 Å². The zero-order valence-corrected chi connectivity index (χ0v) is 61.9. The molecule has 9 nitrogen and oxygen atoms in total. The molecule has 0 aliphatic carbocycles. The second-order valence-corrected chi connectivity index (χ2v) is 28.8. The van der Waals surface area contributed by atoms with Gasteiger partial charge in [-0.2, -0.15) is 0 Å². The van der Waals surface area contributed by atoms with Gasteiger partial charge < -0.3 is 18.9 Å². The Labute approximate surface area is 570 Å². The smallest absolute Gasteiger partial charge is 0.462 e. The zero-order chi connectivity index (χ0) is 66.9. The molecule has 0 fully saturated rings. The number of rotatable bonds is 72. The topological polar surface area (TPSA) is 108 Å². The fraction of sp³-hybridized carbons (Fsp3) is 0.780. The summed E-state index contributed by atoms with van der Waals surface area (Å²) in [4.78, 5) is 36.0. The Hall–Kier alpha value is -3.07. The van der Waals surface area contributed by atoms with Gasteiger partial charge in [-0.05, 0) is 89.9 Å². The Kier molecular flexibility index (Phi) is 69.8. The summed E-state index contributed by atoms with van der Waals surface area (Å²) in [6.45, 7) is 4.26. The van der Waals surface area contributed by atoms with Gasteiger partial charge in [0.25, 0.3) is 0 Å². The third-order valence-electron chi connectivity index (χ3n) is 17.1. The number of phosphoric ester groups is 1. The van der Waals surface area contributed by atoms with Crippen molar-refractivity contribution in [1.29, 1.82) is 0 Å². The monoisotopic (exact) mass is 1310 g/mol. The molecular formula is C82H149NO8P+. The molecule has 0 spiro atoms. The number of nitrogens with zero attached hydrogens (tertiary/aromatic N) is 1. The minimum Gasteiger partial charge on any atom is -0.462 e. The quantitative estimate of drug-likeness (QED) is 0.0211. The highest BCUT2D eigenvalue weighted by molar-refractivity contribution is 7.47. The van der Waals surface area contributed by atoms with Crippen LogP contribution in [0.1, 0.15) is 361 Å². The normalized spacial score (nSPS) is 13.6. The maximum absolute atomic E-state index is 12.9. The predicted molar refractivity (Wildman–Crippen MR) is 399 cm³/mol. The van der Waals surface area contributed by atoms with E-state index in [1.165, 1.54) is 244 Å². The number of hydrogen-bond acceptors (Lipinski definition) is 7. The van der Waals surface area contributed by atoms with Crippen molar-refractivity contribution in [2.75, 3.05) is 47.5 Å². The predicted octanol–water partition coefficient (Wildman–Crippen LogP) is 25.8. The lowest BCUT2D eigenvalue weighted by Gasteiger charge is -2.24. The molecule has 0 saturated heterocycles. The molecule has 0 aliphatic heterocycles. The van der Waals surface area contributed by atoms with Gasteiger partial charge in [0.15, 0.2) is 6.10 Å². The Morgan fingerprint density at radius 2 is 0.587 bits per heavy atom. The molecule has 0 saturated carbocycles. The van der Waals surface area contributed by atoms with E-state index in [4.69, 9.17) is 18.5 Å². The summed E-state index contributed by atoms with van der Waals surface area (Å²) in [5, 5.41) is 0. The molecule has 0 aliphatic rings. The Morgan fingerprint density at radius 1 is 0.337 bits per heavy atom. The number of unbranched alkanes of at least 4 members (excludes halogenated alkanes) is 42. The molecule has 92 heavy (non-hydrogen) atoms. The molecule has 0 aromatic carbocycles. The standard InChI is InChI=1S/C82H148NO8P/c1-6-8-10-12-14-16-18-20-22-24-26-28-30-32-34-36-37-38-39-40-41-42-43-44-45-47-49-51-53-55-57-59-61-63-65-67-69-71-73-75-82(85)91-80(79-90-92(86,87)89-77-76-83(3,4)5)78-88-81(84)74-72-70-68-66-64-62-60-58-56-54-52-50-48-46-35-33-31-29-27-25-23-21-19-17-15-13-11-9-7-2/h8-11,14-17,20-23,26-29,80H,6-7,12-13,18-19,24-25,30-79H2,1-5H3/p+1/b10-8-,11-9-,16-14-,17-15-,22-20-,23-21-,28-26-,29-27-. The van der Waals surface area contributed by atoms with E-state index >= 15 is 0 Å². The van der Waals surface area contributed by atoms with Crippen LogP contribution in [0.2, 0.25) is 0 Å². The van der Waals surface area contributed by atoms with Crippen LogP contribution in [0.3, 0.4) is 0 Å². The van der Waals surface area contributed by atoms with Crippen LogP contribution in [0.4, 0.5) is 0 Å². The van der Waals surface area contributed by atoms with Crippen LogP contribution in [0.25, 0.3) is 0 Å². The largest absolute Gasteiger partial charge is 0.472 e. The summed E-state index contributed by atoms with van der Waals surface area (Å²) in [5.74, 6) is -0.781. The molecule has 10 heteroatoms. The third kappa shape index (κ3) is 76.0. The first kappa shape index (κ1) is 88.9. The first-order valence-corrected chi connectivity index (χ1v) is 40.5. The van der Waals surface area contributed by atoms with Gasteiger partial charge in [0.1, 0.15) is 19.8 Å². The van der Waals surface area contributed by atoms with Gasteiger partial charge in [-0.15, -0.1) is 0 Å². The fourth-order valence-corrected chi connectivity index (χ4v) is 12.0. The van der Waals surface area contributed by atoms with E-state index in [2.05, 4.69) is 111 Å². The van der Waals surface area contributed by atoms with Crippen molar-refractivity contribution in [2.24, 2.45) is 0 Å². The summed E-state index contributed by atoms with van der Waals surface area (Å²) in [6.07, 6.45) is 101. The molecule has 2 unspecified atom stereocenters. The summed E-state index contributed by atoms with van der Waals surface area (Å²) in [6, 6.07) is 0. The molecule has 0 rings (SSSR count). The van der Waals surface area contributed by atoms with Crippen molar-refractivity contribution in [3.05, 3.63) is 97.2 Å². The van der Waals surface area contributed by atoms with Crippen LogP contribution < -0.4 is 0 Å². The van der Waals surface area contributed by atoms with Gasteiger partial charge in [0, 0.05) is 12.8 Å². The van der Waals surface area contributed by atoms with Gasteiger partial charge in [0.2, 0.25) is 0 Å². The van der Waals surface area contributed by atoms with E-state index in [1.807, 2.05) is 21.1 Å². The first-order valence-electron chi connectivity index (χ1n) is 39.0. The van der Waals surface area contributed by atoms with Crippen molar-refractivity contribution < 1.29 is 42.1 Å². The number of hydrogen-bond donors (Lipinski definition) is 1. The van der Waals surface area contributed by atoms with Crippen molar-refractivity contribution in [2.45, 2.75) is 367 Å². The van der Waals surface area contributed by atoms with Gasteiger partial charge in [-0.1, -0.05) is 355 Å². The minimum absolute atomic E-state index is 0.0318. The van der Waals surface area contributed by atoms with Gasteiger partial charge >= 0.3 is 19.8 Å². The van der Waals surface area contributed by atoms with Gasteiger partial charge in [-0.3, -0.25) is 18.6 Å². The van der Waals surface area contributed by atoms with Crippen LogP contribution in [0, 0.1) is 0 Å². The molecule has 1 N–H and O–H groups in total. The molecule has 0 bridgehead atoms. The van der Waals surface area contributed by atoms with Crippen molar-refractivity contribution in [3.63, 3.8) is 0 Å². The second kappa shape index (κ2) is 72.2. The lowest BCUT2D eigenvalue weighted by atomic mass is 10.0. The number of phosphoric acid groups is 1. The molecule has 534 valence electrons. The van der Waals surface area contributed by atoms with E-state index in [-0.39, 0.29) is 32.0 Å². The second-order valence-electron chi connectivity index (χ2n) is 27.3. The zero-order valence-electron chi connectivity index (χ0n) is 61.0. The van der Waals surface area contributed by atoms with Crippen LogP contribution in [0.15, 0.2) is 97.2 Å². The number of carbonyl (C=O) groups excluding carboxylic acids is 2. The Balaban J connectivity index is 3.92. The van der Waals surface area contributed by atoms with Crippen LogP contribution >= 0.6 is 7.82 Å². The van der Waals surface area contributed by atoms with Crippen LogP contribution in [-0.4, -0.2) is 74.9 Å². The van der Waals surface area contributed by atoms with E-state index in [1.54, 1.807) is 0 Å².